The van der Waals surface area contributed by atoms with Gasteiger partial charge in [0.25, 0.3) is 11.8 Å². The van der Waals surface area contributed by atoms with E-state index in [0.29, 0.717) is 16.3 Å². The molecule has 0 saturated carbocycles. The van der Waals surface area contributed by atoms with Crippen molar-refractivity contribution in [3.63, 3.8) is 0 Å². The number of hydrogen-bond donors (Lipinski definition) is 1. The molecule has 0 aromatic heterocycles. The van der Waals surface area contributed by atoms with Crippen molar-refractivity contribution >= 4 is 41.2 Å². The average molecular weight is 381 g/mol. The number of amides is 4. The van der Waals surface area contributed by atoms with Crippen molar-refractivity contribution in [3.05, 3.63) is 64.7 Å². The second-order valence-electron chi connectivity index (χ2n) is 5.50. The molecule has 4 amide bonds. The van der Waals surface area contributed by atoms with Gasteiger partial charge in [0.2, 0.25) is 0 Å². The summed E-state index contributed by atoms with van der Waals surface area (Å²) in [6.07, 6.45) is 6.53. The van der Waals surface area contributed by atoms with Gasteiger partial charge in [0, 0.05) is 5.02 Å². The topological polar surface area (TPSA) is 75.7 Å². The summed E-state index contributed by atoms with van der Waals surface area (Å²) in [6.45, 7) is 0.137. The van der Waals surface area contributed by atoms with Gasteiger partial charge < -0.3 is 4.74 Å². The lowest BCUT2D eigenvalue weighted by molar-refractivity contribution is -0.122. The van der Waals surface area contributed by atoms with E-state index in [9.17, 15) is 14.4 Å². The van der Waals surface area contributed by atoms with E-state index in [4.69, 9.17) is 22.8 Å². The van der Waals surface area contributed by atoms with Crippen LogP contribution in [0.2, 0.25) is 5.02 Å². The van der Waals surface area contributed by atoms with Gasteiger partial charge >= 0.3 is 6.03 Å². The van der Waals surface area contributed by atoms with Crippen molar-refractivity contribution in [2.75, 3.05) is 11.5 Å². The first-order valence-corrected chi connectivity index (χ1v) is 8.21. The normalized spacial score (nSPS) is 15.5. The maximum atomic E-state index is 12.8. The Morgan fingerprint density at radius 1 is 1.15 bits per heavy atom. The van der Waals surface area contributed by atoms with Crippen LogP contribution in [0.4, 0.5) is 10.5 Å². The van der Waals surface area contributed by atoms with Crippen molar-refractivity contribution in [2.45, 2.75) is 0 Å². The zero-order valence-electron chi connectivity index (χ0n) is 13.9. The lowest BCUT2D eigenvalue weighted by Crippen LogP contribution is -2.54. The maximum absolute atomic E-state index is 12.8. The van der Waals surface area contributed by atoms with Crippen LogP contribution < -0.4 is 15.0 Å². The molecule has 0 atom stereocenters. The lowest BCUT2D eigenvalue weighted by atomic mass is 10.1. The Kier molecular flexibility index (Phi) is 5.25. The minimum absolute atomic E-state index is 0.137. The van der Waals surface area contributed by atoms with Crippen molar-refractivity contribution in [1.29, 1.82) is 0 Å². The summed E-state index contributed by atoms with van der Waals surface area (Å²) in [5, 5.41) is 2.52. The summed E-state index contributed by atoms with van der Waals surface area (Å²) in [5.41, 5.74) is 0.676. The number of carbonyl (C=O) groups excluding carboxylic acids is 3. The van der Waals surface area contributed by atoms with E-state index in [0.717, 1.165) is 4.90 Å². The van der Waals surface area contributed by atoms with Crippen molar-refractivity contribution in [1.82, 2.24) is 5.32 Å². The molecule has 1 saturated heterocycles. The SMILES string of the molecule is C#CCOc1ccc(/C=C2\C(=O)NC(=O)N(c3cccc(Cl)c3)C2=O)cc1. The third-order valence-corrected chi connectivity index (χ3v) is 3.92. The van der Waals surface area contributed by atoms with Crippen LogP contribution in [0.5, 0.6) is 5.75 Å². The molecule has 1 aliphatic rings. The number of imide groups is 2. The molecule has 0 radical (unpaired) electrons. The van der Waals surface area contributed by atoms with Crippen LogP contribution in [0.3, 0.4) is 0 Å². The van der Waals surface area contributed by atoms with Crippen LogP contribution in [-0.4, -0.2) is 24.5 Å². The van der Waals surface area contributed by atoms with E-state index >= 15 is 0 Å². The highest BCUT2D eigenvalue weighted by atomic mass is 35.5. The van der Waals surface area contributed by atoms with Crippen LogP contribution in [0.15, 0.2) is 54.1 Å². The number of hydrogen-bond acceptors (Lipinski definition) is 4. The van der Waals surface area contributed by atoms with Crippen LogP contribution in [0.1, 0.15) is 5.56 Å². The van der Waals surface area contributed by atoms with Gasteiger partial charge in [0.05, 0.1) is 5.69 Å². The molecular weight excluding hydrogens is 368 g/mol. The molecule has 1 heterocycles. The number of benzene rings is 2. The Labute approximate surface area is 160 Å². The van der Waals surface area contributed by atoms with Gasteiger partial charge in [-0.15, -0.1) is 6.42 Å². The number of anilines is 1. The van der Waals surface area contributed by atoms with E-state index < -0.39 is 17.8 Å². The fourth-order valence-electron chi connectivity index (χ4n) is 2.46. The van der Waals surface area contributed by atoms with Gasteiger partial charge in [-0.2, -0.15) is 0 Å². The van der Waals surface area contributed by atoms with Crippen LogP contribution in [0.25, 0.3) is 6.08 Å². The number of nitrogens with one attached hydrogen (secondary N) is 1. The third kappa shape index (κ3) is 4.00. The molecule has 7 heteroatoms. The number of halogens is 1. The molecule has 2 aromatic rings. The standard InChI is InChI=1S/C20H13ClN2O4/c1-2-10-27-16-8-6-13(7-9-16)11-17-18(24)22-20(26)23(19(17)25)15-5-3-4-14(21)12-15/h1,3-9,11-12H,10H2,(H,22,24,26)/b17-11+. The first-order valence-electron chi connectivity index (χ1n) is 7.83. The molecule has 6 nitrogen and oxygen atoms in total. The first kappa shape index (κ1) is 18.2. The molecular formula is C20H13ClN2O4. The fraction of sp³-hybridized carbons (Fsp3) is 0.0500. The van der Waals surface area contributed by atoms with Gasteiger partial charge in [0.15, 0.2) is 0 Å². The van der Waals surface area contributed by atoms with Crippen LogP contribution >= 0.6 is 11.6 Å². The average Bonchev–Trinajstić information content (AvgIpc) is 2.64. The second-order valence-corrected chi connectivity index (χ2v) is 5.94. The number of urea groups is 1. The molecule has 0 spiro atoms. The molecule has 1 aliphatic heterocycles. The highest BCUT2D eigenvalue weighted by Crippen LogP contribution is 2.24. The molecule has 134 valence electrons. The van der Waals surface area contributed by atoms with Crippen molar-refractivity contribution in [2.24, 2.45) is 0 Å². The van der Waals surface area contributed by atoms with Gasteiger partial charge in [-0.1, -0.05) is 35.7 Å². The minimum atomic E-state index is -0.831. The molecule has 27 heavy (non-hydrogen) atoms. The van der Waals surface area contributed by atoms with E-state index in [1.165, 1.54) is 12.1 Å². The molecule has 2 aromatic carbocycles. The van der Waals surface area contributed by atoms with E-state index in [1.807, 2.05) is 0 Å². The van der Waals surface area contributed by atoms with Gasteiger partial charge in [0.1, 0.15) is 17.9 Å². The Bertz CT molecular complexity index is 990. The first-order chi connectivity index (χ1) is 13.0. The summed E-state index contributed by atoms with van der Waals surface area (Å²) in [6, 6.07) is 12.1. The number of nitrogens with zero attached hydrogens (tertiary/aromatic N) is 1. The quantitative estimate of drug-likeness (QED) is 0.502. The second kappa shape index (κ2) is 7.77. The zero-order chi connectivity index (χ0) is 19.4. The largest absolute Gasteiger partial charge is 0.481 e. The molecule has 0 unspecified atom stereocenters. The number of rotatable bonds is 4. The zero-order valence-corrected chi connectivity index (χ0v) is 14.7. The highest BCUT2D eigenvalue weighted by molar-refractivity contribution is 6.39. The summed E-state index contributed by atoms with van der Waals surface area (Å²) < 4.78 is 5.27. The minimum Gasteiger partial charge on any atom is -0.481 e. The Balaban J connectivity index is 1.91. The summed E-state index contributed by atoms with van der Waals surface area (Å²) in [4.78, 5) is 37.9. The third-order valence-electron chi connectivity index (χ3n) is 3.68. The molecule has 1 N–H and O–H groups in total. The summed E-state index contributed by atoms with van der Waals surface area (Å²) in [5.74, 6) is 1.41. The van der Waals surface area contributed by atoms with Gasteiger partial charge in [-0.25, -0.2) is 9.69 Å². The Morgan fingerprint density at radius 2 is 1.89 bits per heavy atom. The lowest BCUT2D eigenvalue weighted by Gasteiger charge is -2.26. The predicted molar refractivity (Wildman–Crippen MR) is 101 cm³/mol. The number of carbonyl (C=O) groups is 3. The van der Waals surface area contributed by atoms with Gasteiger partial charge in [-0.05, 0) is 42.0 Å². The number of terminal acetylenes is 1. The van der Waals surface area contributed by atoms with Crippen molar-refractivity contribution < 1.29 is 19.1 Å². The van der Waals surface area contributed by atoms with E-state index in [-0.39, 0.29) is 17.9 Å². The van der Waals surface area contributed by atoms with Crippen LogP contribution in [-0.2, 0) is 9.59 Å². The predicted octanol–water partition coefficient (Wildman–Crippen LogP) is 3.02. The van der Waals surface area contributed by atoms with Crippen LogP contribution in [0, 0.1) is 12.3 Å². The smallest absolute Gasteiger partial charge is 0.335 e. The molecule has 0 bridgehead atoms. The maximum Gasteiger partial charge on any atom is 0.335 e. The van der Waals surface area contributed by atoms with Gasteiger partial charge in [-0.3, -0.25) is 14.9 Å². The summed E-state index contributed by atoms with van der Waals surface area (Å²) >= 11 is 5.93. The fourth-order valence-corrected chi connectivity index (χ4v) is 2.64. The highest BCUT2D eigenvalue weighted by Gasteiger charge is 2.36. The Morgan fingerprint density at radius 3 is 2.56 bits per heavy atom. The monoisotopic (exact) mass is 380 g/mol. The Hall–Kier alpha value is -3.56. The summed E-state index contributed by atoms with van der Waals surface area (Å²) in [7, 11) is 0. The number of barbiturate groups is 1. The van der Waals surface area contributed by atoms with E-state index in [2.05, 4.69) is 11.2 Å². The molecule has 3 rings (SSSR count). The van der Waals surface area contributed by atoms with Crippen molar-refractivity contribution in [3.8, 4) is 18.1 Å². The number of ether oxygens (including phenoxy) is 1. The molecule has 1 fully saturated rings. The van der Waals surface area contributed by atoms with E-state index in [1.54, 1.807) is 42.5 Å². The molecule has 0 aliphatic carbocycles.